The van der Waals surface area contributed by atoms with Crippen molar-refractivity contribution in [2.75, 3.05) is 6.61 Å². The van der Waals surface area contributed by atoms with Gasteiger partial charge in [-0.05, 0) is 25.2 Å². The Balaban J connectivity index is 2.62. The van der Waals surface area contributed by atoms with Crippen molar-refractivity contribution in [3.05, 3.63) is 0 Å². The molecule has 1 saturated carbocycles. The number of nitrogens with one attached hydrogen (secondary N) is 1. The van der Waals surface area contributed by atoms with Crippen molar-refractivity contribution >= 4 is 5.91 Å². The number of aliphatic hydroxyl groups excluding tert-OH is 1. The number of amides is 1. The minimum atomic E-state index is -0.122. The summed E-state index contributed by atoms with van der Waals surface area (Å²) in [6.45, 7) is 8.59. The fourth-order valence-electron chi connectivity index (χ4n) is 3.03. The highest BCUT2D eigenvalue weighted by Gasteiger charge is 2.39. The molecule has 0 radical (unpaired) electrons. The SMILES string of the molecule is CCCC(C(=O)NC1CCCC1(C)CO)C(C)C. The van der Waals surface area contributed by atoms with Crippen LogP contribution in [-0.4, -0.2) is 23.7 Å². The zero-order valence-corrected chi connectivity index (χ0v) is 12.3. The van der Waals surface area contributed by atoms with E-state index in [0.717, 1.165) is 32.1 Å². The molecule has 3 heteroatoms. The average Bonchev–Trinajstić information content (AvgIpc) is 2.68. The smallest absolute Gasteiger partial charge is 0.223 e. The zero-order valence-electron chi connectivity index (χ0n) is 12.3. The Kier molecular flexibility index (Phi) is 5.64. The summed E-state index contributed by atoms with van der Waals surface area (Å²) in [5, 5.41) is 12.7. The molecule has 0 aromatic heterocycles. The maximum Gasteiger partial charge on any atom is 0.223 e. The van der Waals surface area contributed by atoms with Crippen LogP contribution in [0.25, 0.3) is 0 Å². The summed E-state index contributed by atoms with van der Waals surface area (Å²) in [6.07, 6.45) is 5.10. The maximum atomic E-state index is 12.3. The van der Waals surface area contributed by atoms with Crippen LogP contribution in [0.2, 0.25) is 0 Å². The Morgan fingerprint density at radius 3 is 2.67 bits per heavy atom. The molecule has 18 heavy (non-hydrogen) atoms. The van der Waals surface area contributed by atoms with Crippen LogP contribution < -0.4 is 5.32 Å². The van der Waals surface area contributed by atoms with Gasteiger partial charge >= 0.3 is 0 Å². The van der Waals surface area contributed by atoms with E-state index in [9.17, 15) is 9.90 Å². The van der Waals surface area contributed by atoms with Crippen molar-refractivity contribution < 1.29 is 9.90 Å². The van der Waals surface area contributed by atoms with Gasteiger partial charge in [0.1, 0.15) is 0 Å². The van der Waals surface area contributed by atoms with E-state index in [-0.39, 0.29) is 29.9 Å². The highest BCUT2D eigenvalue weighted by Crippen LogP contribution is 2.37. The third-order valence-corrected chi connectivity index (χ3v) is 4.50. The van der Waals surface area contributed by atoms with Gasteiger partial charge in [-0.25, -0.2) is 0 Å². The van der Waals surface area contributed by atoms with Gasteiger partial charge in [-0.3, -0.25) is 4.79 Å². The molecule has 0 saturated heterocycles. The largest absolute Gasteiger partial charge is 0.396 e. The Hall–Kier alpha value is -0.570. The molecule has 1 fully saturated rings. The van der Waals surface area contributed by atoms with Crippen molar-refractivity contribution in [2.45, 2.75) is 65.8 Å². The van der Waals surface area contributed by atoms with Crippen LogP contribution in [0.15, 0.2) is 0 Å². The standard InChI is InChI=1S/C15H29NO2/c1-5-7-12(11(2)3)14(18)16-13-8-6-9-15(13,4)10-17/h11-13,17H,5-10H2,1-4H3,(H,16,18). The molecule has 1 rings (SSSR count). The third-order valence-electron chi connectivity index (χ3n) is 4.50. The van der Waals surface area contributed by atoms with E-state index in [1.165, 1.54) is 0 Å². The normalized spacial score (nSPS) is 29.6. The number of aliphatic hydroxyl groups is 1. The van der Waals surface area contributed by atoms with Gasteiger partial charge in [-0.2, -0.15) is 0 Å². The van der Waals surface area contributed by atoms with Crippen molar-refractivity contribution in [1.29, 1.82) is 0 Å². The van der Waals surface area contributed by atoms with Crippen LogP contribution in [0.1, 0.15) is 59.8 Å². The lowest BCUT2D eigenvalue weighted by Crippen LogP contribution is -2.47. The fraction of sp³-hybridized carbons (Fsp3) is 0.933. The molecule has 0 bridgehead atoms. The molecule has 0 aromatic rings. The second-order valence-electron chi connectivity index (χ2n) is 6.40. The summed E-state index contributed by atoms with van der Waals surface area (Å²) in [5.41, 5.74) is -0.122. The van der Waals surface area contributed by atoms with Crippen molar-refractivity contribution in [3.8, 4) is 0 Å². The topological polar surface area (TPSA) is 49.3 Å². The van der Waals surface area contributed by atoms with Gasteiger partial charge in [0.15, 0.2) is 0 Å². The van der Waals surface area contributed by atoms with E-state index >= 15 is 0 Å². The summed E-state index contributed by atoms with van der Waals surface area (Å²) in [5.74, 6) is 0.670. The monoisotopic (exact) mass is 255 g/mol. The number of hydrogen-bond acceptors (Lipinski definition) is 2. The van der Waals surface area contributed by atoms with Crippen molar-refractivity contribution in [1.82, 2.24) is 5.32 Å². The summed E-state index contributed by atoms with van der Waals surface area (Å²) >= 11 is 0. The predicted molar refractivity (Wildman–Crippen MR) is 74.2 cm³/mol. The van der Waals surface area contributed by atoms with Gasteiger partial charge in [0.2, 0.25) is 5.91 Å². The molecule has 0 aromatic carbocycles. The Labute approximate surface area is 111 Å². The number of carbonyl (C=O) groups is 1. The molecule has 3 unspecified atom stereocenters. The molecule has 2 N–H and O–H groups in total. The number of hydrogen-bond donors (Lipinski definition) is 2. The first kappa shape index (κ1) is 15.5. The van der Waals surface area contributed by atoms with E-state index in [1.54, 1.807) is 0 Å². The van der Waals surface area contributed by atoms with E-state index < -0.39 is 0 Å². The van der Waals surface area contributed by atoms with Crippen LogP contribution in [-0.2, 0) is 4.79 Å². The minimum absolute atomic E-state index is 0.110. The van der Waals surface area contributed by atoms with E-state index in [2.05, 4.69) is 33.0 Å². The molecule has 3 atom stereocenters. The Morgan fingerprint density at radius 1 is 1.50 bits per heavy atom. The second-order valence-corrected chi connectivity index (χ2v) is 6.40. The van der Waals surface area contributed by atoms with Gasteiger partial charge in [0.05, 0.1) is 6.61 Å². The Bertz CT molecular complexity index is 278. The van der Waals surface area contributed by atoms with Crippen LogP contribution >= 0.6 is 0 Å². The van der Waals surface area contributed by atoms with Crippen molar-refractivity contribution in [2.24, 2.45) is 17.3 Å². The molecule has 0 aliphatic heterocycles. The lowest BCUT2D eigenvalue weighted by Gasteiger charge is -2.32. The van der Waals surface area contributed by atoms with Gasteiger partial charge in [0.25, 0.3) is 0 Å². The first-order chi connectivity index (χ1) is 8.44. The molecule has 0 heterocycles. The van der Waals surface area contributed by atoms with Gasteiger partial charge in [-0.1, -0.05) is 40.5 Å². The predicted octanol–water partition coefficient (Wildman–Crippen LogP) is 2.73. The van der Waals surface area contributed by atoms with Gasteiger partial charge < -0.3 is 10.4 Å². The molecule has 1 amide bonds. The Morgan fingerprint density at radius 2 is 2.17 bits per heavy atom. The third kappa shape index (κ3) is 3.47. The quantitative estimate of drug-likeness (QED) is 0.766. The summed E-state index contributed by atoms with van der Waals surface area (Å²) in [4.78, 5) is 12.3. The van der Waals surface area contributed by atoms with E-state index in [0.29, 0.717) is 5.92 Å². The van der Waals surface area contributed by atoms with Crippen LogP contribution in [0.3, 0.4) is 0 Å². The fourth-order valence-corrected chi connectivity index (χ4v) is 3.03. The van der Waals surface area contributed by atoms with Gasteiger partial charge in [-0.15, -0.1) is 0 Å². The first-order valence-corrected chi connectivity index (χ1v) is 7.36. The molecule has 0 spiro atoms. The minimum Gasteiger partial charge on any atom is -0.396 e. The van der Waals surface area contributed by atoms with E-state index in [1.807, 2.05) is 0 Å². The second kappa shape index (κ2) is 6.55. The number of rotatable bonds is 6. The lowest BCUT2D eigenvalue weighted by molar-refractivity contribution is -0.128. The zero-order chi connectivity index (χ0) is 13.8. The summed E-state index contributed by atoms with van der Waals surface area (Å²) < 4.78 is 0. The van der Waals surface area contributed by atoms with Crippen molar-refractivity contribution in [3.63, 3.8) is 0 Å². The van der Waals surface area contributed by atoms with Gasteiger partial charge in [0, 0.05) is 17.4 Å². The maximum absolute atomic E-state index is 12.3. The highest BCUT2D eigenvalue weighted by molar-refractivity contribution is 5.79. The first-order valence-electron chi connectivity index (χ1n) is 7.36. The molecule has 106 valence electrons. The molecular weight excluding hydrogens is 226 g/mol. The lowest BCUT2D eigenvalue weighted by atomic mass is 9.84. The highest BCUT2D eigenvalue weighted by atomic mass is 16.3. The van der Waals surface area contributed by atoms with E-state index in [4.69, 9.17) is 0 Å². The number of carbonyl (C=O) groups excluding carboxylic acids is 1. The van der Waals surface area contributed by atoms with Crippen LogP contribution in [0.5, 0.6) is 0 Å². The summed E-state index contributed by atoms with van der Waals surface area (Å²) in [6, 6.07) is 0.146. The molecular formula is C15H29NO2. The average molecular weight is 255 g/mol. The molecule has 1 aliphatic rings. The van der Waals surface area contributed by atoms with Crippen LogP contribution in [0, 0.1) is 17.3 Å². The molecule has 3 nitrogen and oxygen atoms in total. The summed E-state index contributed by atoms with van der Waals surface area (Å²) in [7, 11) is 0. The molecule has 1 aliphatic carbocycles. The van der Waals surface area contributed by atoms with Crippen LogP contribution in [0.4, 0.5) is 0 Å².